The highest BCUT2D eigenvalue weighted by atomic mass is 19.4. The van der Waals surface area contributed by atoms with Crippen LogP contribution >= 0.6 is 0 Å². The van der Waals surface area contributed by atoms with Crippen molar-refractivity contribution >= 4 is 11.7 Å². The largest absolute Gasteiger partial charge is 0.418 e. The molecule has 0 saturated heterocycles. The number of hydrogen-bond donors (Lipinski definition) is 1. The smallest absolute Gasteiger partial charge is 0.318 e. The van der Waals surface area contributed by atoms with E-state index in [1.807, 2.05) is 47.2 Å². The van der Waals surface area contributed by atoms with Gasteiger partial charge in [-0.15, -0.1) is 0 Å². The van der Waals surface area contributed by atoms with Gasteiger partial charge in [0.15, 0.2) is 0 Å². The average Bonchev–Trinajstić information content (AvgIpc) is 3.24. The number of urea groups is 1. The van der Waals surface area contributed by atoms with Crippen LogP contribution in [0.1, 0.15) is 28.4 Å². The maximum atomic E-state index is 13.7. The summed E-state index contributed by atoms with van der Waals surface area (Å²) in [5.41, 5.74) is 1.79. The van der Waals surface area contributed by atoms with E-state index in [1.54, 1.807) is 12.1 Å². The molecule has 4 aromatic rings. The van der Waals surface area contributed by atoms with Gasteiger partial charge in [0.05, 0.1) is 29.5 Å². The summed E-state index contributed by atoms with van der Waals surface area (Å²) in [5, 5.41) is 2.46. The highest BCUT2D eigenvalue weighted by Gasteiger charge is 2.36. The quantitative estimate of drug-likeness (QED) is 0.326. The lowest BCUT2D eigenvalue weighted by molar-refractivity contribution is -0.136. The van der Waals surface area contributed by atoms with Gasteiger partial charge in [-0.25, -0.2) is 9.18 Å². The Morgan fingerprint density at radius 1 is 0.882 bits per heavy atom. The minimum Gasteiger partial charge on any atom is -0.318 e. The normalized spacial score (nSPS) is 15.3. The number of alkyl halides is 3. The monoisotopic (exact) mass is 465 g/mol. The zero-order valence-electron chi connectivity index (χ0n) is 17.8. The first-order valence-electron chi connectivity index (χ1n) is 10.6. The van der Waals surface area contributed by atoms with E-state index in [4.69, 9.17) is 0 Å². The fraction of sp³-hybridized carbons (Fsp3) is 0.115. The van der Waals surface area contributed by atoms with Crippen LogP contribution in [0.25, 0.3) is 5.69 Å². The fourth-order valence-electron chi connectivity index (χ4n) is 4.36. The number of rotatable bonds is 2. The third kappa shape index (κ3) is 3.91. The van der Waals surface area contributed by atoms with Gasteiger partial charge >= 0.3 is 12.2 Å². The van der Waals surface area contributed by atoms with Crippen LogP contribution in [0.5, 0.6) is 0 Å². The lowest BCUT2D eigenvalue weighted by atomic mass is 10.0. The molecule has 0 saturated carbocycles. The Hall–Kier alpha value is -4.07. The first-order chi connectivity index (χ1) is 16.3. The molecule has 0 fully saturated rings. The predicted molar refractivity (Wildman–Crippen MR) is 120 cm³/mol. The molecule has 0 radical (unpaired) electrons. The van der Waals surface area contributed by atoms with Gasteiger partial charge in [-0.05, 0) is 53.6 Å². The van der Waals surface area contributed by atoms with Crippen molar-refractivity contribution in [2.45, 2.75) is 18.8 Å². The van der Waals surface area contributed by atoms with Gasteiger partial charge < -0.3 is 14.8 Å². The lowest BCUT2D eigenvalue weighted by Crippen LogP contribution is -2.38. The Morgan fingerprint density at radius 3 is 2.35 bits per heavy atom. The third-order valence-electron chi connectivity index (χ3n) is 5.88. The molecule has 0 spiro atoms. The van der Waals surface area contributed by atoms with Gasteiger partial charge in [-0.2, -0.15) is 13.2 Å². The molecule has 2 amide bonds. The second-order valence-electron chi connectivity index (χ2n) is 7.99. The highest BCUT2D eigenvalue weighted by molar-refractivity contribution is 5.91. The van der Waals surface area contributed by atoms with Crippen LogP contribution in [0, 0.1) is 5.82 Å². The minimum absolute atomic E-state index is 0.139. The van der Waals surface area contributed by atoms with E-state index in [9.17, 15) is 22.4 Å². The van der Waals surface area contributed by atoms with Crippen LogP contribution in [-0.4, -0.2) is 15.5 Å². The molecule has 4 nitrogen and oxygen atoms in total. The van der Waals surface area contributed by atoms with E-state index in [2.05, 4.69) is 5.32 Å². The molecule has 1 aliphatic rings. The summed E-state index contributed by atoms with van der Waals surface area (Å²) >= 11 is 0. The molecule has 3 aromatic carbocycles. The van der Waals surface area contributed by atoms with Crippen molar-refractivity contribution in [3.63, 3.8) is 0 Å². The van der Waals surface area contributed by atoms with E-state index in [0.29, 0.717) is 5.56 Å². The molecule has 0 unspecified atom stereocenters. The second kappa shape index (κ2) is 8.37. The summed E-state index contributed by atoms with van der Waals surface area (Å²) in [6.07, 6.45) is -2.76. The molecule has 8 heteroatoms. The number of nitrogens with zero attached hydrogens (tertiary/aromatic N) is 2. The summed E-state index contributed by atoms with van der Waals surface area (Å²) < 4.78 is 56.2. The number of anilines is 1. The van der Waals surface area contributed by atoms with Gasteiger partial charge in [0.1, 0.15) is 5.82 Å². The number of aromatic nitrogens is 1. The average molecular weight is 465 g/mol. The zero-order valence-corrected chi connectivity index (χ0v) is 17.8. The number of carbonyl (C=O) groups is 1. The van der Waals surface area contributed by atoms with Gasteiger partial charge in [0.2, 0.25) is 0 Å². The summed E-state index contributed by atoms with van der Waals surface area (Å²) in [6, 6.07) is 20.5. The molecule has 34 heavy (non-hydrogen) atoms. The van der Waals surface area contributed by atoms with Crippen molar-refractivity contribution in [2.75, 3.05) is 5.32 Å². The Balaban J connectivity index is 1.62. The van der Waals surface area contributed by atoms with Crippen LogP contribution in [0.15, 0.2) is 91.1 Å². The number of hydrogen-bond acceptors (Lipinski definition) is 1. The Morgan fingerprint density at radius 2 is 1.59 bits per heavy atom. The Kier molecular flexibility index (Phi) is 5.36. The van der Waals surface area contributed by atoms with Crippen molar-refractivity contribution in [2.24, 2.45) is 0 Å². The molecule has 5 rings (SSSR count). The van der Waals surface area contributed by atoms with E-state index in [0.717, 1.165) is 23.0 Å². The first-order valence-corrected chi connectivity index (χ1v) is 10.6. The van der Waals surface area contributed by atoms with Gasteiger partial charge in [0, 0.05) is 11.9 Å². The molecular formula is C26H19F4N3O. The maximum absolute atomic E-state index is 13.7. The van der Waals surface area contributed by atoms with Crippen molar-refractivity contribution in [1.82, 2.24) is 9.47 Å². The highest BCUT2D eigenvalue weighted by Crippen LogP contribution is 2.38. The summed E-state index contributed by atoms with van der Waals surface area (Å²) in [7, 11) is 0. The molecule has 1 aliphatic heterocycles. The van der Waals surface area contributed by atoms with Crippen molar-refractivity contribution in [1.29, 1.82) is 0 Å². The SMILES string of the molecule is O=C(Nc1ccccc1C(F)(F)F)N1Cc2ccccc2-n2cccc2[C@H]1c1ccc(F)cc1. The van der Waals surface area contributed by atoms with E-state index < -0.39 is 29.6 Å². The molecule has 2 heterocycles. The molecule has 1 N–H and O–H groups in total. The number of nitrogens with one attached hydrogen (secondary N) is 1. The standard InChI is InChI=1S/C26H19F4N3O/c27-19-13-11-17(12-14-19)24-23-10-5-15-32(23)22-9-4-1-6-18(22)16-33(24)25(34)31-21-8-3-2-7-20(21)26(28,29)30/h1-15,24H,16H2,(H,31,34)/t24-/m1/s1. The number of para-hydroxylation sites is 2. The number of carbonyl (C=O) groups excluding carboxylic acids is 1. The van der Waals surface area contributed by atoms with Gasteiger partial charge in [-0.3, -0.25) is 0 Å². The number of fused-ring (bicyclic) bond motifs is 3. The molecular weight excluding hydrogens is 446 g/mol. The molecule has 1 atom stereocenters. The summed E-state index contributed by atoms with van der Waals surface area (Å²) in [4.78, 5) is 15.0. The molecule has 1 aromatic heterocycles. The Labute approximate surface area is 193 Å². The summed E-state index contributed by atoms with van der Waals surface area (Å²) in [5.74, 6) is -0.425. The number of benzene rings is 3. The zero-order chi connectivity index (χ0) is 23.9. The van der Waals surface area contributed by atoms with Crippen LogP contribution in [0.3, 0.4) is 0 Å². The van der Waals surface area contributed by atoms with Gasteiger partial charge in [0.25, 0.3) is 0 Å². The Bertz CT molecular complexity index is 1340. The fourth-order valence-corrected chi connectivity index (χ4v) is 4.36. The molecule has 0 bridgehead atoms. The minimum atomic E-state index is -4.62. The van der Waals surface area contributed by atoms with Crippen molar-refractivity contribution < 1.29 is 22.4 Å². The van der Waals surface area contributed by atoms with E-state index in [-0.39, 0.29) is 12.2 Å². The van der Waals surface area contributed by atoms with Crippen LogP contribution in [0.2, 0.25) is 0 Å². The molecule has 172 valence electrons. The topological polar surface area (TPSA) is 37.3 Å². The summed E-state index contributed by atoms with van der Waals surface area (Å²) in [6.45, 7) is 0.139. The third-order valence-corrected chi connectivity index (χ3v) is 5.88. The van der Waals surface area contributed by atoms with E-state index >= 15 is 0 Å². The number of amides is 2. The van der Waals surface area contributed by atoms with Crippen molar-refractivity contribution in [3.8, 4) is 5.69 Å². The lowest BCUT2D eigenvalue weighted by Gasteiger charge is -2.31. The maximum Gasteiger partial charge on any atom is 0.418 e. The second-order valence-corrected chi connectivity index (χ2v) is 7.99. The van der Waals surface area contributed by atoms with Crippen molar-refractivity contribution in [3.05, 3.63) is 119 Å². The van der Waals surface area contributed by atoms with Crippen LogP contribution in [-0.2, 0) is 12.7 Å². The predicted octanol–water partition coefficient (Wildman–Crippen LogP) is 6.77. The number of halogens is 4. The molecule has 0 aliphatic carbocycles. The first kappa shape index (κ1) is 21.8. The van der Waals surface area contributed by atoms with Gasteiger partial charge in [-0.1, -0.05) is 42.5 Å². The van der Waals surface area contributed by atoms with E-state index in [1.165, 1.54) is 35.2 Å². The van der Waals surface area contributed by atoms with Crippen LogP contribution < -0.4 is 5.32 Å². The van der Waals surface area contributed by atoms with Crippen LogP contribution in [0.4, 0.5) is 28.0 Å².